The molecule has 26 heavy (non-hydrogen) atoms. The van der Waals surface area contributed by atoms with E-state index >= 15 is 0 Å². The topological polar surface area (TPSA) is 84.7 Å². The summed E-state index contributed by atoms with van der Waals surface area (Å²) in [5.74, 6) is 2.21. The van der Waals surface area contributed by atoms with Gasteiger partial charge in [0.05, 0.1) is 0 Å². The van der Waals surface area contributed by atoms with Gasteiger partial charge in [0.15, 0.2) is 0 Å². The molecule has 0 aliphatic heterocycles. The highest BCUT2D eigenvalue weighted by Crippen LogP contribution is 2.14. The molecule has 8 heteroatoms. The highest BCUT2D eigenvalue weighted by atomic mass is 32.2. The van der Waals surface area contributed by atoms with Gasteiger partial charge in [0.2, 0.25) is 0 Å². The molecule has 0 saturated heterocycles. The van der Waals surface area contributed by atoms with Crippen LogP contribution in [0.4, 0.5) is 5.82 Å². The minimum atomic E-state index is -0.0862. The summed E-state index contributed by atoms with van der Waals surface area (Å²) in [6.07, 6.45) is 7.09. The number of benzene rings is 1. The summed E-state index contributed by atoms with van der Waals surface area (Å²) in [5.41, 5.74) is 0.655. The summed E-state index contributed by atoms with van der Waals surface area (Å²) in [6.45, 7) is 2.97. The van der Waals surface area contributed by atoms with E-state index in [4.69, 9.17) is 0 Å². The third-order valence-corrected chi connectivity index (χ3v) is 4.54. The van der Waals surface area contributed by atoms with Gasteiger partial charge in [0.25, 0.3) is 5.91 Å². The molecule has 0 fully saturated rings. The molecule has 1 amide bonds. The Labute approximate surface area is 156 Å². The first-order valence-corrected chi connectivity index (χ1v) is 9.38. The van der Waals surface area contributed by atoms with Gasteiger partial charge >= 0.3 is 0 Å². The van der Waals surface area contributed by atoms with Crippen molar-refractivity contribution in [3.8, 4) is 5.82 Å². The van der Waals surface area contributed by atoms with E-state index in [-0.39, 0.29) is 5.91 Å². The summed E-state index contributed by atoms with van der Waals surface area (Å²) < 4.78 is 1.88. The summed E-state index contributed by atoms with van der Waals surface area (Å²) >= 11 is 1.65. The minimum absolute atomic E-state index is 0.0862. The second-order valence-electron chi connectivity index (χ2n) is 5.52. The van der Waals surface area contributed by atoms with Gasteiger partial charge in [0.1, 0.15) is 23.8 Å². The molecule has 3 aromatic rings. The molecule has 2 N–H and O–H groups in total. The van der Waals surface area contributed by atoms with Crippen molar-refractivity contribution in [2.45, 2.75) is 11.8 Å². The van der Waals surface area contributed by atoms with E-state index < -0.39 is 0 Å². The molecule has 3 rings (SSSR count). The fourth-order valence-electron chi connectivity index (χ4n) is 2.41. The van der Waals surface area contributed by atoms with Gasteiger partial charge in [-0.15, -0.1) is 11.8 Å². The highest BCUT2D eigenvalue weighted by molar-refractivity contribution is 7.98. The van der Waals surface area contributed by atoms with E-state index in [0.717, 1.165) is 16.5 Å². The Bertz CT molecular complexity index is 877. The number of carbonyl (C=O) groups is 1. The Morgan fingerprint density at radius 1 is 1.15 bits per heavy atom. The lowest BCUT2D eigenvalue weighted by Crippen LogP contribution is -2.28. The smallest absolute Gasteiger partial charge is 0.251 e. The van der Waals surface area contributed by atoms with Crippen LogP contribution in [0, 0.1) is 6.92 Å². The molecule has 0 radical (unpaired) electrons. The van der Waals surface area contributed by atoms with Crippen LogP contribution in [-0.4, -0.2) is 44.8 Å². The lowest BCUT2D eigenvalue weighted by molar-refractivity contribution is 0.0955. The van der Waals surface area contributed by atoms with Crippen molar-refractivity contribution in [2.24, 2.45) is 0 Å². The van der Waals surface area contributed by atoms with Gasteiger partial charge in [0, 0.05) is 42.0 Å². The fraction of sp³-hybridized carbons (Fsp3) is 0.222. The van der Waals surface area contributed by atoms with Crippen LogP contribution in [0.3, 0.4) is 0 Å². The standard InChI is InChI=1S/C18H20N6OS/c1-13-19-9-10-24(13)17-11-16(22-12-23-17)20-7-8-21-18(25)14-3-5-15(26-2)6-4-14/h3-6,9-12H,7-8H2,1-2H3,(H,21,25)(H,20,22,23). The SMILES string of the molecule is CSc1ccc(C(=O)NCCNc2cc(-n3ccnc3C)ncn2)cc1. The number of hydrogen-bond acceptors (Lipinski definition) is 6. The first-order valence-electron chi connectivity index (χ1n) is 8.16. The third kappa shape index (κ3) is 4.40. The maximum absolute atomic E-state index is 12.1. The molecule has 0 saturated carbocycles. The van der Waals surface area contributed by atoms with E-state index in [9.17, 15) is 4.79 Å². The Morgan fingerprint density at radius 2 is 1.96 bits per heavy atom. The summed E-state index contributed by atoms with van der Waals surface area (Å²) in [6, 6.07) is 9.39. The summed E-state index contributed by atoms with van der Waals surface area (Å²) in [5, 5.41) is 6.08. The molecule has 0 aliphatic carbocycles. The predicted octanol–water partition coefficient (Wildman–Crippen LogP) is 2.53. The number of nitrogens with zero attached hydrogens (tertiary/aromatic N) is 4. The molecular formula is C18H20N6OS. The molecule has 0 bridgehead atoms. The third-order valence-electron chi connectivity index (χ3n) is 3.79. The van der Waals surface area contributed by atoms with Gasteiger partial charge in [-0.2, -0.15) is 0 Å². The van der Waals surface area contributed by atoms with Gasteiger partial charge in [-0.05, 0) is 37.4 Å². The number of hydrogen-bond donors (Lipinski definition) is 2. The number of aryl methyl sites for hydroxylation is 1. The Hall–Kier alpha value is -2.87. The van der Waals surface area contributed by atoms with Crippen LogP contribution in [0.15, 0.2) is 53.9 Å². The van der Waals surface area contributed by atoms with E-state index in [2.05, 4.69) is 25.6 Å². The van der Waals surface area contributed by atoms with Gasteiger partial charge in [-0.3, -0.25) is 9.36 Å². The van der Waals surface area contributed by atoms with Crippen molar-refractivity contribution in [3.63, 3.8) is 0 Å². The summed E-state index contributed by atoms with van der Waals surface area (Å²) in [4.78, 5) is 25.9. The molecule has 0 aliphatic rings. The number of thioether (sulfide) groups is 1. The average molecular weight is 368 g/mol. The number of nitrogens with one attached hydrogen (secondary N) is 2. The van der Waals surface area contributed by atoms with Gasteiger partial charge in [-0.25, -0.2) is 15.0 Å². The van der Waals surface area contributed by atoms with Crippen LogP contribution >= 0.6 is 11.8 Å². The fourth-order valence-corrected chi connectivity index (χ4v) is 2.81. The van der Waals surface area contributed by atoms with Crippen LogP contribution in [0.5, 0.6) is 0 Å². The lowest BCUT2D eigenvalue weighted by atomic mass is 10.2. The normalized spacial score (nSPS) is 10.5. The number of carbonyl (C=O) groups excluding carboxylic acids is 1. The molecule has 134 valence electrons. The zero-order valence-electron chi connectivity index (χ0n) is 14.6. The van der Waals surface area contributed by atoms with Crippen LogP contribution in [0.1, 0.15) is 16.2 Å². The number of imidazole rings is 1. The highest BCUT2D eigenvalue weighted by Gasteiger charge is 2.06. The largest absolute Gasteiger partial charge is 0.368 e. The maximum atomic E-state index is 12.1. The summed E-state index contributed by atoms with van der Waals surface area (Å²) in [7, 11) is 0. The zero-order chi connectivity index (χ0) is 18.4. The Balaban J connectivity index is 1.50. The molecule has 0 atom stereocenters. The number of aromatic nitrogens is 4. The predicted molar refractivity (Wildman–Crippen MR) is 103 cm³/mol. The molecular weight excluding hydrogens is 348 g/mol. The van der Waals surface area contributed by atoms with E-state index in [0.29, 0.717) is 24.5 Å². The van der Waals surface area contributed by atoms with E-state index in [1.54, 1.807) is 18.0 Å². The van der Waals surface area contributed by atoms with E-state index in [1.165, 1.54) is 6.33 Å². The van der Waals surface area contributed by atoms with Crippen LogP contribution in [0.2, 0.25) is 0 Å². The van der Waals surface area contributed by atoms with Crippen LogP contribution in [-0.2, 0) is 0 Å². The van der Waals surface area contributed by atoms with Gasteiger partial charge in [-0.1, -0.05) is 0 Å². The van der Waals surface area contributed by atoms with Crippen molar-refractivity contribution in [1.82, 2.24) is 24.8 Å². The first kappa shape index (κ1) is 17.9. The van der Waals surface area contributed by atoms with Crippen LogP contribution in [0.25, 0.3) is 5.82 Å². The zero-order valence-corrected chi connectivity index (χ0v) is 15.5. The Kier molecular flexibility index (Phi) is 5.85. The Morgan fingerprint density at radius 3 is 2.65 bits per heavy atom. The monoisotopic (exact) mass is 368 g/mol. The molecule has 2 aromatic heterocycles. The molecule has 7 nitrogen and oxygen atoms in total. The molecule has 0 spiro atoms. The van der Waals surface area contributed by atoms with Crippen molar-refractivity contribution in [3.05, 3.63) is 60.4 Å². The lowest BCUT2D eigenvalue weighted by Gasteiger charge is -2.09. The molecule has 1 aromatic carbocycles. The number of amides is 1. The number of anilines is 1. The van der Waals surface area contributed by atoms with E-state index in [1.807, 2.05) is 54.3 Å². The maximum Gasteiger partial charge on any atom is 0.251 e. The van der Waals surface area contributed by atoms with Crippen molar-refractivity contribution >= 4 is 23.5 Å². The second-order valence-corrected chi connectivity index (χ2v) is 6.40. The number of rotatable bonds is 7. The minimum Gasteiger partial charge on any atom is -0.368 e. The second kappa shape index (κ2) is 8.48. The first-order chi connectivity index (χ1) is 12.7. The average Bonchev–Trinajstić information content (AvgIpc) is 3.11. The van der Waals surface area contributed by atoms with Crippen molar-refractivity contribution in [2.75, 3.05) is 24.7 Å². The van der Waals surface area contributed by atoms with Crippen molar-refractivity contribution in [1.29, 1.82) is 0 Å². The van der Waals surface area contributed by atoms with Crippen LogP contribution < -0.4 is 10.6 Å². The molecule has 2 heterocycles. The van der Waals surface area contributed by atoms with Gasteiger partial charge < -0.3 is 10.6 Å². The molecule has 0 unspecified atom stereocenters. The van der Waals surface area contributed by atoms with Crippen molar-refractivity contribution < 1.29 is 4.79 Å². The quantitative estimate of drug-likeness (QED) is 0.492.